The van der Waals surface area contributed by atoms with Crippen LogP contribution in [0.15, 0.2) is 18.2 Å². The van der Waals surface area contributed by atoms with E-state index >= 15 is 0 Å². The van der Waals surface area contributed by atoms with Crippen molar-refractivity contribution in [2.45, 2.75) is 44.8 Å². The van der Waals surface area contributed by atoms with E-state index < -0.39 is 24.3 Å². The smallest absolute Gasteiger partial charge is 0.417 e. The van der Waals surface area contributed by atoms with Crippen LogP contribution in [0.3, 0.4) is 0 Å². The molecule has 3 aromatic heterocycles. The zero-order valence-electron chi connectivity index (χ0n) is 14.4. The van der Waals surface area contributed by atoms with Gasteiger partial charge >= 0.3 is 12.1 Å². The van der Waals surface area contributed by atoms with Gasteiger partial charge in [0.1, 0.15) is 6.54 Å². The number of alkyl halides is 3. The molecule has 1 N–H and O–H groups in total. The number of carboxylic acid groups (broad SMARTS) is 1. The lowest BCUT2D eigenvalue weighted by atomic mass is 10.1. The van der Waals surface area contributed by atoms with Gasteiger partial charge in [-0.25, -0.2) is 9.67 Å². The van der Waals surface area contributed by atoms with E-state index in [9.17, 15) is 18.0 Å². The number of aliphatic carboxylic acids is 1. The minimum absolute atomic E-state index is 0.0180. The van der Waals surface area contributed by atoms with Crippen LogP contribution < -0.4 is 0 Å². The van der Waals surface area contributed by atoms with E-state index in [0.717, 1.165) is 34.9 Å². The van der Waals surface area contributed by atoms with Gasteiger partial charge in [-0.1, -0.05) is 6.92 Å². The van der Waals surface area contributed by atoms with Crippen LogP contribution in [-0.4, -0.2) is 25.8 Å². The molecule has 0 amide bonds. The normalized spacial score (nSPS) is 14.8. The van der Waals surface area contributed by atoms with Crippen molar-refractivity contribution < 1.29 is 23.1 Å². The zero-order valence-corrected chi connectivity index (χ0v) is 15.2. The molecule has 1 aliphatic carbocycles. The first-order valence-electron chi connectivity index (χ1n) is 8.57. The molecule has 27 heavy (non-hydrogen) atoms. The number of thiophene rings is 1. The van der Waals surface area contributed by atoms with E-state index in [0.29, 0.717) is 10.6 Å². The summed E-state index contributed by atoms with van der Waals surface area (Å²) >= 11 is 1.38. The van der Waals surface area contributed by atoms with Gasteiger partial charge in [-0.2, -0.15) is 18.3 Å². The van der Waals surface area contributed by atoms with Crippen molar-refractivity contribution in [1.29, 1.82) is 0 Å². The maximum atomic E-state index is 13.8. The molecule has 1 saturated carbocycles. The van der Waals surface area contributed by atoms with Crippen LogP contribution in [0.25, 0.3) is 21.6 Å². The number of rotatable bonds is 5. The third-order valence-corrected chi connectivity index (χ3v) is 5.80. The maximum absolute atomic E-state index is 13.8. The molecule has 3 heterocycles. The Labute approximate surface area is 156 Å². The van der Waals surface area contributed by atoms with Crippen LogP contribution in [0, 0.1) is 0 Å². The van der Waals surface area contributed by atoms with Crippen molar-refractivity contribution in [2.24, 2.45) is 0 Å². The van der Waals surface area contributed by atoms with Crippen LogP contribution in [0.1, 0.15) is 41.8 Å². The standard InChI is InChI=1S/C18H16F3N3O2S/c1-2-10-5-6-13(27-10)12-7-11(18(19,20)21)15-16(9-3-4-9)23-24(8-14(25)26)17(15)22-12/h5-7,9H,2-4,8H2,1H3,(H,25,26). The number of hydrogen-bond acceptors (Lipinski definition) is 4. The molecule has 5 nitrogen and oxygen atoms in total. The summed E-state index contributed by atoms with van der Waals surface area (Å²) in [4.78, 5) is 17.2. The minimum atomic E-state index is -4.58. The molecule has 4 rings (SSSR count). The predicted molar refractivity (Wildman–Crippen MR) is 94.8 cm³/mol. The molecule has 1 aliphatic rings. The first-order valence-corrected chi connectivity index (χ1v) is 9.39. The summed E-state index contributed by atoms with van der Waals surface area (Å²) < 4.78 is 42.6. The summed E-state index contributed by atoms with van der Waals surface area (Å²) in [6.07, 6.45) is -2.30. The second-order valence-electron chi connectivity index (χ2n) is 6.58. The lowest BCUT2D eigenvalue weighted by Gasteiger charge is -2.11. The summed E-state index contributed by atoms with van der Waals surface area (Å²) in [6, 6.07) is 4.67. The molecule has 3 aromatic rings. The fourth-order valence-corrected chi connectivity index (χ4v) is 4.04. The zero-order chi connectivity index (χ0) is 19.3. The number of aromatic nitrogens is 3. The fraction of sp³-hybridized carbons (Fsp3) is 0.389. The van der Waals surface area contributed by atoms with Gasteiger partial charge in [-0.3, -0.25) is 4.79 Å². The highest BCUT2D eigenvalue weighted by Gasteiger charge is 2.39. The Morgan fingerprint density at radius 3 is 2.67 bits per heavy atom. The van der Waals surface area contributed by atoms with E-state index in [1.165, 1.54) is 11.3 Å². The van der Waals surface area contributed by atoms with Gasteiger partial charge in [0.15, 0.2) is 5.65 Å². The quantitative estimate of drug-likeness (QED) is 0.680. The molecule has 0 bridgehead atoms. The highest BCUT2D eigenvalue weighted by atomic mass is 32.1. The van der Waals surface area contributed by atoms with Gasteiger partial charge in [-0.15, -0.1) is 11.3 Å². The predicted octanol–water partition coefficient (Wildman–Crippen LogP) is 4.70. The fourth-order valence-electron chi connectivity index (χ4n) is 3.13. The molecule has 0 aromatic carbocycles. The highest BCUT2D eigenvalue weighted by molar-refractivity contribution is 7.15. The first-order chi connectivity index (χ1) is 12.8. The Kier molecular flexibility index (Phi) is 4.21. The number of aryl methyl sites for hydroxylation is 1. The third kappa shape index (κ3) is 3.31. The SMILES string of the molecule is CCc1ccc(-c2cc(C(F)(F)F)c3c(C4CC4)nn(CC(=O)O)c3n2)s1. The average Bonchev–Trinajstić information content (AvgIpc) is 3.22. The third-order valence-electron chi connectivity index (χ3n) is 4.55. The molecule has 142 valence electrons. The number of pyridine rings is 1. The molecule has 0 radical (unpaired) electrons. The van der Waals surface area contributed by atoms with Gasteiger partial charge in [0, 0.05) is 10.8 Å². The molecule has 0 unspecified atom stereocenters. The molecule has 9 heteroatoms. The van der Waals surface area contributed by atoms with Gasteiger partial charge in [-0.05, 0) is 37.5 Å². The van der Waals surface area contributed by atoms with Gasteiger partial charge in [0.05, 0.1) is 27.2 Å². The summed E-state index contributed by atoms with van der Waals surface area (Å²) in [5, 5.41) is 13.3. The number of halogens is 3. The number of hydrogen-bond donors (Lipinski definition) is 1. The number of nitrogens with zero attached hydrogens (tertiary/aromatic N) is 3. The summed E-state index contributed by atoms with van der Waals surface area (Å²) in [7, 11) is 0. The van der Waals surface area contributed by atoms with E-state index in [1.54, 1.807) is 6.07 Å². The average molecular weight is 395 g/mol. The highest BCUT2D eigenvalue weighted by Crippen LogP contribution is 2.46. The van der Waals surface area contributed by atoms with Gasteiger partial charge in [0.2, 0.25) is 0 Å². The molecular weight excluding hydrogens is 379 g/mol. The second-order valence-corrected chi connectivity index (χ2v) is 7.75. The van der Waals surface area contributed by atoms with Crippen molar-refractivity contribution in [2.75, 3.05) is 0 Å². The Bertz CT molecular complexity index is 1030. The Morgan fingerprint density at radius 1 is 1.37 bits per heavy atom. The van der Waals surface area contributed by atoms with Crippen molar-refractivity contribution in [3.05, 3.63) is 34.3 Å². The van der Waals surface area contributed by atoms with Gasteiger partial charge < -0.3 is 5.11 Å². The minimum Gasteiger partial charge on any atom is -0.480 e. The summed E-state index contributed by atoms with van der Waals surface area (Å²) in [6.45, 7) is 1.44. The molecule has 0 aliphatic heterocycles. The Hall–Kier alpha value is -2.42. The Balaban J connectivity index is 2.00. The van der Waals surface area contributed by atoms with Gasteiger partial charge in [0.25, 0.3) is 0 Å². The van der Waals surface area contributed by atoms with E-state index in [4.69, 9.17) is 5.11 Å². The van der Waals surface area contributed by atoms with Crippen molar-refractivity contribution in [3.8, 4) is 10.6 Å². The molecule has 0 atom stereocenters. The Morgan fingerprint density at radius 2 is 2.11 bits per heavy atom. The molecule has 0 saturated heterocycles. The van der Waals surface area contributed by atoms with Crippen molar-refractivity contribution in [3.63, 3.8) is 0 Å². The summed E-state index contributed by atoms with van der Waals surface area (Å²) in [5.41, 5.74) is -0.325. The lowest BCUT2D eigenvalue weighted by Crippen LogP contribution is -2.12. The van der Waals surface area contributed by atoms with Crippen LogP contribution in [0.4, 0.5) is 13.2 Å². The number of fused-ring (bicyclic) bond motifs is 1. The topological polar surface area (TPSA) is 68.0 Å². The largest absolute Gasteiger partial charge is 0.480 e. The molecular formula is C18H16F3N3O2S. The van der Waals surface area contributed by atoms with Crippen LogP contribution in [0.2, 0.25) is 0 Å². The van der Waals surface area contributed by atoms with Crippen LogP contribution in [0.5, 0.6) is 0 Å². The number of carbonyl (C=O) groups is 1. The summed E-state index contributed by atoms with van der Waals surface area (Å²) in [5.74, 6) is -1.24. The first kappa shape index (κ1) is 18.0. The van der Waals surface area contributed by atoms with Crippen LogP contribution in [-0.2, 0) is 23.9 Å². The number of carboxylic acids is 1. The monoisotopic (exact) mass is 395 g/mol. The maximum Gasteiger partial charge on any atom is 0.417 e. The second kappa shape index (κ2) is 6.33. The van der Waals surface area contributed by atoms with Crippen molar-refractivity contribution in [1.82, 2.24) is 14.8 Å². The van der Waals surface area contributed by atoms with Crippen LogP contribution >= 0.6 is 11.3 Å². The van der Waals surface area contributed by atoms with E-state index in [1.807, 2.05) is 13.0 Å². The van der Waals surface area contributed by atoms with E-state index in [2.05, 4.69) is 10.1 Å². The lowest BCUT2D eigenvalue weighted by molar-refractivity contribution is -0.138. The molecule has 0 spiro atoms. The molecule has 1 fully saturated rings. The van der Waals surface area contributed by atoms with E-state index in [-0.39, 0.29) is 22.6 Å². The van der Waals surface area contributed by atoms with Crippen molar-refractivity contribution >= 4 is 28.3 Å².